The zero-order valence-corrected chi connectivity index (χ0v) is 17.3. The number of rotatable bonds is 4. The first-order valence-electron chi connectivity index (χ1n) is 10.1. The fraction of sp³-hybridized carbons (Fsp3) is 0.250. The average Bonchev–Trinajstić information content (AvgIpc) is 2.75. The number of ketones is 1. The van der Waals surface area contributed by atoms with Crippen molar-refractivity contribution in [2.24, 2.45) is 0 Å². The van der Waals surface area contributed by atoms with Crippen molar-refractivity contribution < 1.29 is 23.8 Å². The van der Waals surface area contributed by atoms with Gasteiger partial charge in [-0.3, -0.25) is 9.59 Å². The summed E-state index contributed by atoms with van der Waals surface area (Å²) in [5.41, 5.74) is 2.95. The lowest BCUT2D eigenvalue weighted by atomic mass is 9.75. The number of benzene rings is 2. The molecule has 4 rings (SSSR count). The van der Waals surface area contributed by atoms with E-state index < -0.39 is 17.6 Å². The molecule has 2 aromatic rings. The molecule has 0 spiro atoms. The Bertz CT molecular complexity index is 1140. The van der Waals surface area contributed by atoms with Crippen LogP contribution in [-0.4, -0.2) is 23.9 Å². The van der Waals surface area contributed by atoms with Crippen LogP contribution < -0.4 is 15.4 Å². The number of allylic oxidation sites excluding steroid dienone is 3. The third-order valence-electron chi connectivity index (χ3n) is 5.68. The number of carbonyl (C=O) groups is 2. The number of methoxy groups -OCH3 is 1. The maximum absolute atomic E-state index is 14.2. The Hall–Kier alpha value is -3.61. The lowest BCUT2D eigenvalue weighted by Gasteiger charge is -2.34. The maximum Gasteiger partial charge on any atom is 0.254 e. The highest BCUT2D eigenvalue weighted by Gasteiger charge is 2.38. The van der Waals surface area contributed by atoms with Gasteiger partial charge in [-0.1, -0.05) is 18.2 Å². The van der Waals surface area contributed by atoms with E-state index in [1.54, 1.807) is 31.2 Å². The van der Waals surface area contributed by atoms with Crippen molar-refractivity contribution in [2.45, 2.75) is 32.1 Å². The number of para-hydroxylation sites is 1. The first-order valence-corrected chi connectivity index (χ1v) is 10.1. The summed E-state index contributed by atoms with van der Waals surface area (Å²) in [6.45, 7) is 1.77. The van der Waals surface area contributed by atoms with Crippen LogP contribution in [0.25, 0.3) is 0 Å². The van der Waals surface area contributed by atoms with Gasteiger partial charge in [0.2, 0.25) is 0 Å². The van der Waals surface area contributed by atoms with Crippen LogP contribution in [0.2, 0.25) is 0 Å². The molecule has 0 bridgehead atoms. The molecule has 0 saturated heterocycles. The smallest absolute Gasteiger partial charge is 0.254 e. The maximum atomic E-state index is 14.2. The largest absolute Gasteiger partial charge is 0.504 e. The number of ether oxygens (including phenoxy) is 1. The van der Waals surface area contributed by atoms with Crippen molar-refractivity contribution in [3.05, 3.63) is 76.4 Å². The number of amides is 1. The number of hydrogen-bond donors (Lipinski definition) is 3. The number of halogens is 1. The molecule has 1 atom stereocenters. The molecule has 1 heterocycles. The van der Waals surface area contributed by atoms with Crippen molar-refractivity contribution >= 4 is 17.4 Å². The Morgan fingerprint density at radius 1 is 1.23 bits per heavy atom. The molecule has 1 amide bonds. The van der Waals surface area contributed by atoms with Crippen molar-refractivity contribution in [3.63, 3.8) is 0 Å². The highest BCUT2D eigenvalue weighted by Crippen LogP contribution is 2.44. The Labute approximate surface area is 179 Å². The molecule has 0 aromatic heterocycles. The summed E-state index contributed by atoms with van der Waals surface area (Å²) in [6.07, 6.45) is 1.83. The fourth-order valence-electron chi connectivity index (χ4n) is 4.24. The first kappa shape index (κ1) is 20.7. The number of nitrogens with one attached hydrogen (secondary N) is 2. The van der Waals surface area contributed by atoms with E-state index in [1.807, 2.05) is 0 Å². The molecule has 6 nitrogen and oxygen atoms in total. The van der Waals surface area contributed by atoms with Gasteiger partial charge < -0.3 is 20.5 Å². The number of Topliss-reactive ketones (excluding diaryl/α,β-unsaturated/α-hetero) is 1. The van der Waals surface area contributed by atoms with Crippen LogP contribution in [0.1, 0.15) is 37.7 Å². The van der Waals surface area contributed by atoms with E-state index in [1.165, 1.54) is 25.3 Å². The van der Waals surface area contributed by atoms with Gasteiger partial charge in [-0.05, 0) is 49.6 Å². The molecule has 3 N–H and O–H groups in total. The Morgan fingerprint density at radius 2 is 2.00 bits per heavy atom. The van der Waals surface area contributed by atoms with Crippen LogP contribution in [-0.2, 0) is 9.59 Å². The van der Waals surface area contributed by atoms with Gasteiger partial charge in [0.15, 0.2) is 17.3 Å². The van der Waals surface area contributed by atoms with E-state index in [0.29, 0.717) is 35.2 Å². The van der Waals surface area contributed by atoms with E-state index >= 15 is 0 Å². The van der Waals surface area contributed by atoms with Crippen LogP contribution in [0, 0.1) is 5.82 Å². The van der Waals surface area contributed by atoms with E-state index in [2.05, 4.69) is 10.6 Å². The molecule has 0 radical (unpaired) electrons. The van der Waals surface area contributed by atoms with E-state index in [4.69, 9.17) is 4.74 Å². The van der Waals surface area contributed by atoms with Gasteiger partial charge in [0.1, 0.15) is 5.82 Å². The van der Waals surface area contributed by atoms with Gasteiger partial charge in [0, 0.05) is 34.9 Å². The van der Waals surface area contributed by atoms with E-state index in [0.717, 1.165) is 12.1 Å². The second-order valence-corrected chi connectivity index (χ2v) is 7.63. The minimum absolute atomic E-state index is 0.0329. The van der Waals surface area contributed by atoms with Crippen molar-refractivity contribution in [2.75, 3.05) is 12.4 Å². The molecule has 160 valence electrons. The minimum Gasteiger partial charge on any atom is -0.504 e. The number of dihydropyridines is 1. The second kappa shape index (κ2) is 8.26. The fourth-order valence-corrected chi connectivity index (χ4v) is 4.24. The minimum atomic E-state index is -0.662. The number of anilines is 1. The molecule has 2 aromatic carbocycles. The summed E-state index contributed by atoms with van der Waals surface area (Å²) >= 11 is 0. The number of phenolic OH excluding ortho intramolecular Hbond substituents is 1. The van der Waals surface area contributed by atoms with Crippen molar-refractivity contribution in [1.82, 2.24) is 5.32 Å². The molecule has 1 aliphatic carbocycles. The monoisotopic (exact) mass is 422 g/mol. The van der Waals surface area contributed by atoms with Crippen molar-refractivity contribution in [3.8, 4) is 11.5 Å². The molecular weight excluding hydrogens is 399 g/mol. The summed E-state index contributed by atoms with van der Waals surface area (Å²) in [7, 11) is 1.44. The molecule has 31 heavy (non-hydrogen) atoms. The topological polar surface area (TPSA) is 87.7 Å². The highest BCUT2D eigenvalue weighted by atomic mass is 19.1. The number of aromatic hydroxyl groups is 1. The van der Waals surface area contributed by atoms with Gasteiger partial charge in [-0.2, -0.15) is 0 Å². The van der Waals surface area contributed by atoms with Crippen LogP contribution in [0.15, 0.2) is 65.0 Å². The third-order valence-corrected chi connectivity index (χ3v) is 5.68. The predicted octanol–water partition coefficient (Wildman–Crippen LogP) is 4.15. The lowest BCUT2D eigenvalue weighted by Crippen LogP contribution is -2.35. The first-order chi connectivity index (χ1) is 14.9. The summed E-state index contributed by atoms with van der Waals surface area (Å²) < 4.78 is 19.4. The molecule has 0 saturated carbocycles. The van der Waals surface area contributed by atoms with Gasteiger partial charge in [-0.15, -0.1) is 0 Å². The number of phenols is 1. The highest BCUT2D eigenvalue weighted by molar-refractivity contribution is 6.09. The predicted molar refractivity (Wildman–Crippen MR) is 114 cm³/mol. The van der Waals surface area contributed by atoms with Crippen LogP contribution >= 0.6 is 0 Å². The van der Waals surface area contributed by atoms with Crippen LogP contribution in [0.4, 0.5) is 10.1 Å². The average molecular weight is 422 g/mol. The zero-order chi connectivity index (χ0) is 22.1. The SMILES string of the molecule is COc1cc([C@H]2C(C(=O)Nc3ccccc3F)=C(C)NC3=C2C(=O)CCC3)ccc1O. The van der Waals surface area contributed by atoms with Crippen LogP contribution in [0.3, 0.4) is 0 Å². The van der Waals surface area contributed by atoms with Gasteiger partial charge >= 0.3 is 0 Å². The quantitative estimate of drug-likeness (QED) is 0.689. The summed E-state index contributed by atoms with van der Waals surface area (Å²) in [5, 5.41) is 15.9. The van der Waals surface area contributed by atoms with Gasteiger partial charge in [0.05, 0.1) is 12.8 Å². The molecule has 0 unspecified atom stereocenters. The molecule has 0 fully saturated rings. The Balaban J connectivity index is 1.83. The summed E-state index contributed by atoms with van der Waals surface area (Å²) in [6, 6.07) is 10.7. The molecule has 1 aliphatic heterocycles. The lowest BCUT2D eigenvalue weighted by molar-refractivity contribution is -0.116. The zero-order valence-electron chi connectivity index (χ0n) is 17.3. The Kier molecular flexibility index (Phi) is 5.50. The molecular formula is C24H23FN2O4. The summed E-state index contributed by atoms with van der Waals surface area (Å²) in [4.78, 5) is 26.3. The summed E-state index contributed by atoms with van der Waals surface area (Å²) in [5.74, 6) is -1.54. The van der Waals surface area contributed by atoms with Crippen molar-refractivity contribution in [1.29, 1.82) is 0 Å². The van der Waals surface area contributed by atoms with Gasteiger partial charge in [0.25, 0.3) is 5.91 Å². The number of carbonyl (C=O) groups excluding carboxylic acids is 2. The number of hydrogen-bond acceptors (Lipinski definition) is 5. The second-order valence-electron chi connectivity index (χ2n) is 7.63. The third kappa shape index (κ3) is 3.79. The standard InChI is InChI=1S/C24H23FN2O4/c1-13-21(24(30)27-16-7-4-3-6-15(16)25)22(14-10-11-18(28)20(12-14)31-2)23-17(26-13)8-5-9-19(23)29/h3-4,6-7,10-12,22,26,28H,5,8-9H2,1-2H3,(H,27,30)/t22-/m0/s1. The van der Waals surface area contributed by atoms with E-state index in [9.17, 15) is 19.1 Å². The molecule has 2 aliphatic rings. The van der Waals surface area contributed by atoms with E-state index in [-0.39, 0.29) is 23.0 Å². The molecule has 7 heteroatoms. The van der Waals surface area contributed by atoms with Gasteiger partial charge in [-0.25, -0.2) is 4.39 Å². The normalized spacial score (nSPS) is 18.4. The Morgan fingerprint density at radius 3 is 2.74 bits per heavy atom. The van der Waals surface area contributed by atoms with Crippen LogP contribution in [0.5, 0.6) is 11.5 Å².